The lowest BCUT2D eigenvalue weighted by Crippen LogP contribution is -2.24. The van der Waals surface area contributed by atoms with Crippen LogP contribution in [0.3, 0.4) is 0 Å². The van der Waals surface area contributed by atoms with Crippen molar-refractivity contribution in [1.29, 1.82) is 0 Å². The van der Waals surface area contributed by atoms with E-state index in [-0.39, 0.29) is 23.4 Å². The number of esters is 1. The fourth-order valence-electron chi connectivity index (χ4n) is 2.50. The maximum atomic E-state index is 12.4. The summed E-state index contributed by atoms with van der Waals surface area (Å²) in [6.45, 7) is 1.65. The van der Waals surface area contributed by atoms with Crippen LogP contribution in [0, 0.1) is 17.0 Å². The molecule has 0 aliphatic carbocycles. The van der Waals surface area contributed by atoms with Crippen LogP contribution in [0.5, 0.6) is 5.75 Å². The Morgan fingerprint density at radius 3 is 2.50 bits per heavy atom. The molecule has 0 saturated carbocycles. The highest BCUT2D eigenvalue weighted by Crippen LogP contribution is 2.24. The second-order valence-corrected chi connectivity index (χ2v) is 5.44. The maximum absolute atomic E-state index is 12.4. The number of methoxy groups -OCH3 is 2. The molecule has 1 amide bonds. The summed E-state index contributed by atoms with van der Waals surface area (Å²) in [6, 6.07) is 9.35. The van der Waals surface area contributed by atoms with E-state index in [4.69, 9.17) is 9.47 Å². The highest BCUT2D eigenvalue weighted by molar-refractivity contribution is 5.98. The fraction of sp³-hybridized carbons (Fsp3) is 0.222. The van der Waals surface area contributed by atoms with Gasteiger partial charge in [0.1, 0.15) is 16.9 Å². The number of benzene rings is 2. The highest BCUT2D eigenvalue weighted by atomic mass is 16.6. The Bertz CT molecular complexity index is 863. The average molecular weight is 358 g/mol. The second kappa shape index (κ2) is 8.11. The zero-order chi connectivity index (χ0) is 19.3. The molecule has 0 spiro atoms. The van der Waals surface area contributed by atoms with Gasteiger partial charge in [0.05, 0.1) is 19.1 Å². The molecule has 0 unspecified atom stereocenters. The number of nitro groups is 1. The largest absolute Gasteiger partial charge is 0.496 e. The lowest BCUT2D eigenvalue weighted by Gasteiger charge is -2.10. The van der Waals surface area contributed by atoms with E-state index in [0.29, 0.717) is 16.9 Å². The first-order valence-electron chi connectivity index (χ1n) is 7.66. The van der Waals surface area contributed by atoms with E-state index >= 15 is 0 Å². The zero-order valence-electron chi connectivity index (χ0n) is 14.6. The van der Waals surface area contributed by atoms with E-state index in [2.05, 4.69) is 5.32 Å². The molecular weight excluding hydrogens is 340 g/mol. The lowest BCUT2D eigenvalue weighted by atomic mass is 10.1. The van der Waals surface area contributed by atoms with Gasteiger partial charge in [-0.3, -0.25) is 14.9 Å². The number of nitro benzene ring substituents is 1. The van der Waals surface area contributed by atoms with Gasteiger partial charge in [0.15, 0.2) is 0 Å². The molecule has 2 rings (SSSR count). The van der Waals surface area contributed by atoms with Gasteiger partial charge in [-0.05, 0) is 30.7 Å². The van der Waals surface area contributed by atoms with Gasteiger partial charge in [0, 0.05) is 12.1 Å². The van der Waals surface area contributed by atoms with Crippen molar-refractivity contribution in [1.82, 2.24) is 5.32 Å². The average Bonchev–Trinajstić information content (AvgIpc) is 2.64. The number of para-hydroxylation sites is 1. The molecule has 0 aromatic heterocycles. The lowest BCUT2D eigenvalue weighted by molar-refractivity contribution is -0.385. The molecule has 8 heteroatoms. The van der Waals surface area contributed by atoms with E-state index in [1.165, 1.54) is 26.4 Å². The van der Waals surface area contributed by atoms with E-state index < -0.39 is 16.8 Å². The van der Waals surface area contributed by atoms with Gasteiger partial charge < -0.3 is 14.8 Å². The molecule has 0 aliphatic rings. The number of nitrogens with zero attached hydrogens (tertiary/aromatic N) is 1. The Labute approximate surface area is 149 Å². The van der Waals surface area contributed by atoms with E-state index in [1.807, 2.05) is 0 Å². The molecule has 0 atom stereocenters. The van der Waals surface area contributed by atoms with Crippen LogP contribution in [0.1, 0.15) is 31.8 Å². The van der Waals surface area contributed by atoms with Crippen LogP contribution in [0.25, 0.3) is 0 Å². The van der Waals surface area contributed by atoms with Crippen molar-refractivity contribution in [2.75, 3.05) is 14.2 Å². The number of amides is 1. The first-order chi connectivity index (χ1) is 12.4. The molecule has 8 nitrogen and oxygen atoms in total. The highest BCUT2D eigenvalue weighted by Gasteiger charge is 2.22. The van der Waals surface area contributed by atoms with E-state index in [0.717, 1.165) is 0 Å². The van der Waals surface area contributed by atoms with Crippen LogP contribution in [0.15, 0.2) is 36.4 Å². The summed E-state index contributed by atoms with van der Waals surface area (Å²) in [5.74, 6) is -0.790. The Morgan fingerprint density at radius 2 is 1.88 bits per heavy atom. The van der Waals surface area contributed by atoms with Crippen molar-refractivity contribution >= 4 is 17.6 Å². The fourth-order valence-corrected chi connectivity index (χ4v) is 2.50. The van der Waals surface area contributed by atoms with Crippen molar-refractivity contribution in [3.8, 4) is 5.75 Å². The molecule has 2 aromatic carbocycles. The van der Waals surface area contributed by atoms with Gasteiger partial charge >= 0.3 is 5.97 Å². The maximum Gasteiger partial charge on any atom is 0.341 e. The number of hydrogen-bond acceptors (Lipinski definition) is 6. The summed E-state index contributed by atoms with van der Waals surface area (Å²) in [6.07, 6.45) is 0. The van der Waals surface area contributed by atoms with Gasteiger partial charge in [-0.15, -0.1) is 0 Å². The standard InChI is InChI=1S/C18H18N2O6/c1-11-5-4-6-13(16(11)20(23)24)17(21)19-10-12-7-8-15(25-2)14(9-12)18(22)26-3/h4-9H,10H2,1-3H3,(H,19,21). The van der Waals surface area contributed by atoms with Gasteiger partial charge in [0.25, 0.3) is 11.6 Å². The monoisotopic (exact) mass is 358 g/mol. The summed E-state index contributed by atoms with van der Waals surface area (Å²) in [7, 11) is 2.69. The number of carbonyl (C=O) groups is 2. The predicted octanol–water partition coefficient (Wildman–Crippen LogP) is 2.63. The van der Waals surface area contributed by atoms with E-state index in [1.54, 1.807) is 31.2 Å². The Hall–Kier alpha value is -3.42. The molecule has 0 saturated heterocycles. The van der Waals surface area contributed by atoms with E-state index in [9.17, 15) is 19.7 Å². The quantitative estimate of drug-likeness (QED) is 0.483. The van der Waals surface area contributed by atoms with Crippen LogP contribution in [0.4, 0.5) is 5.69 Å². The third kappa shape index (κ3) is 3.97. The van der Waals surface area contributed by atoms with Crippen molar-refractivity contribution in [2.45, 2.75) is 13.5 Å². The van der Waals surface area contributed by atoms with Crippen LogP contribution in [-0.2, 0) is 11.3 Å². The van der Waals surface area contributed by atoms with Crippen molar-refractivity contribution in [3.05, 3.63) is 68.8 Å². The van der Waals surface area contributed by atoms with Crippen molar-refractivity contribution in [2.24, 2.45) is 0 Å². The number of aryl methyl sites for hydroxylation is 1. The first-order valence-corrected chi connectivity index (χ1v) is 7.66. The minimum Gasteiger partial charge on any atom is -0.496 e. The second-order valence-electron chi connectivity index (χ2n) is 5.44. The molecule has 1 N–H and O–H groups in total. The number of hydrogen-bond donors (Lipinski definition) is 1. The number of carbonyl (C=O) groups excluding carboxylic acids is 2. The zero-order valence-corrected chi connectivity index (χ0v) is 14.6. The normalized spacial score (nSPS) is 10.1. The van der Waals surface area contributed by atoms with Crippen LogP contribution < -0.4 is 10.1 Å². The van der Waals surface area contributed by atoms with Crippen molar-refractivity contribution < 1.29 is 24.0 Å². The smallest absolute Gasteiger partial charge is 0.341 e. The molecule has 0 aliphatic heterocycles. The van der Waals surface area contributed by atoms with Crippen LogP contribution >= 0.6 is 0 Å². The summed E-state index contributed by atoms with van der Waals surface area (Å²) < 4.78 is 9.81. The molecule has 0 fully saturated rings. The number of nitrogens with one attached hydrogen (secondary N) is 1. The predicted molar refractivity (Wildman–Crippen MR) is 93.3 cm³/mol. The molecular formula is C18H18N2O6. The Kier molecular flexibility index (Phi) is 5.90. The number of rotatable bonds is 6. The third-order valence-corrected chi connectivity index (χ3v) is 3.79. The SMILES string of the molecule is COC(=O)c1cc(CNC(=O)c2cccc(C)c2[N+](=O)[O-])ccc1OC. The third-order valence-electron chi connectivity index (χ3n) is 3.79. The Morgan fingerprint density at radius 1 is 1.15 bits per heavy atom. The van der Waals surface area contributed by atoms with Gasteiger partial charge in [-0.2, -0.15) is 0 Å². The molecule has 26 heavy (non-hydrogen) atoms. The first kappa shape index (κ1) is 18.9. The molecule has 0 heterocycles. The molecule has 0 radical (unpaired) electrons. The summed E-state index contributed by atoms with van der Waals surface area (Å²) in [5, 5.41) is 13.8. The molecule has 0 bridgehead atoms. The molecule has 2 aromatic rings. The Balaban J connectivity index is 2.22. The number of ether oxygens (including phenoxy) is 2. The minimum atomic E-state index is -0.576. The summed E-state index contributed by atoms with van der Waals surface area (Å²) in [5.41, 5.74) is 1.00. The summed E-state index contributed by atoms with van der Waals surface area (Å²) >= 11 is 0. The molecule has 136 valence electrons. The van der Waals surface area contributed by atoms with Gasteiger partial charge in [-0.25, -0.2) is 4.79 Å². The summed E-state index contributed by atoms with van der Waals surface area (Å²) in [4.78, 5) is 34.8. The topological polar surface area (TPSA) is 108 Å². The van der Waals surface area contributed by atoms with Gasteiger partial charge in [0.2, 0.25) is 0 Å². The minimum absolute atomic E-state index is 0.0169. The van der Waals surface area contributed by atoms with Gasteiger partial charge in [-0.1, -0.05) is 18.2 Å². The van der Waals surface area contributed by atoms with Crippen LogP contribution in [0.2, 0.25) is 0 Å². The van der Waals surface area contributed by atoms with Crippen molar-refractivity contribution in [3.63, 3.8) is 0 Å². The van der Waals surface area contributed by atoms with Crippen LogP contribution in [-0.4, -0.2) is 31.0 Å².